The largest absolute Gasteiger partial charge is 0.493 e. The zero-order chi connectivity index (χ0) is 14.9. The lowest BCUT2D eigenvalue weighted by atomic mass is 9.96. The molecule has 1 N–H and O–H groups in total. The fourth-order valence-corrected chi connectivity index (χ4v) is 2.08. The van der Waals surface area contributed by atoms with Crippen LogP contribution in [0.25, 0.3) is 0 Å². The van der Waals surface area contributed by atoms with Gasteiger partial charge in [0, 0.05) is 6.21 Å². The van der Waals surface area contributed by atoms with Gasteiger partial charge in [-0.15, -0.1) is 0 Å². The monoisotopic (exact) mass is 288 g/mol. The van der Waals surface area contributed by atoms with Crippen LogP contribution in [0.5, 0.6) is 11.5 Å². The standard InChI is InChI=1S/C16H20N2O3/c1-20-14-9-5-6-10-15(14)21-12-16(19)18-17-11-13-7-3-2-4-8-13/h2-3,5-6,9-11,13H,4,7-8,12H2,1H3,(H,18,19)/b17-11-/t13-/m1/s1. The molecule has 1 aromatic carbocycles. The summed E-state index contributed by atoms with van der Waals surface area (Å²) in [6.45, 7) is -0.0950. The average Bonchev–Trinajstić information content (AvgIpc) is 2.54. The number of allylic oxidation sites excluding steroid dienone is 2. The minimum Gasteiger partial charge on any atom is -0.493 e. The van der Waals surface area contributed by atoms with Gasteiger partial charge in [0.15, 0.2) is 18.1 Å². The van der Waals surface area contributed by atoms with Gasteiger partial charge in [0.1, 0.15) is 0 Å². The summed E-state index contributed by atoms with van der Waals surface area (Å²) in [4.78, 5) is 11.7. The molecule has 5 heteroatoms. The van der Waals surface area contributed by atoms with E-state index in [0.717, 1.165) is 19.3 Å². The Morgan fingerprint density at radius 1 is 1.38 bits per heavy atom. The van der Waals surface area contributed by atoms with E-state index in [1.54, 1.807) is 25.5 Å². The Morgan fingerprint density at radius 2 is 2.19 bits per heavy atom. The van der Waals surface area contributed by atoms with Crippen molar-refractivity contribution in [1.82, 2.24) is 5.43 Å². The first kappa shape index (κ1) is 15.1. The number of rotatable bonds is 6. The average molecular weight is 288 g/mol. The van der Waals surface area contributed by atoms with E-state index in [1.165, 1.54) is 0 Å². The third-order valence-electron chi connectivity index (χ3n) is 3.21. The lowest BCUT2D eigenvalue weighted by Gasteiger charge is -2.12. The van der Waals surface area contributed by atoms with E-state index in [0.29, 0.717) is 17.4 Å². The van der Waals surface area contributed by atoms with Gasteiger partial charge in [0.25, 0.3) is 5.91 Å². The summed E-state index contributed by atoms with van der Waals surface area (Å²) in [7, 11) is 1.56. The number of amides is 1. The van der Waals surface area contributed by atoms with Crippen molar-refractivity contribution < 1.29 is 14.3 Å². The van der Waals surface area contributed by atoms with Gasteiger partial charge in [-0.1, -0.05) is 24.3 Å². The van der Waals surface area contributed by atoms with E-state index in [-0.39, 0.29) is 12.5 Å². The Bertz CT molecular complexity index is 526. The van der Waals surface area contributed by atoms with E-state index < -0.39 is 0 Å². The van der Waals surface area contributed by atoms with Gasteiger partial charge in [-0.25, -0.2) is 5.43 Å². The number of hydrogen-bond acceptors (Lipinski definition) is 4. The number of ether oxygens (including phenoxy) is 2. The molecule has 0 radical (unpaired) electrons. The number of benzene rings is 1. The number of hydrogen-bond donors (Lipinski definition) is 1. The minimum atomic E-state index is -0.288. The maximum absolute atomic E-state index is 11.7. The lowest BCUT2D eigenvalue weighted by Crippen LogP contribution is -2.25. The summed E-state index contributed by atoms with van der Waals surface area (Å²) in [6.07, 6.45) is 9.24. The van der Waals surface area contributed by atoms with Crippen LogP contribution in [-0.4, -0.2) is 25.8 Å². The first-order valence-corrected chi connectivity index (χ1v) is 7.02. The Morgan fingerprint density at radius 3 is 2.90 bits per heavy atom. The Hall–Kier alpha value is -2.30. The molecule has 0 fully saturated rings. The van der Waals surface area contributed by atoms with Gasteiger partial charge in [-0.05, 0) is 37.3 Å². The van der Waals surface area contributed by atoms with Crippen molar-refractivity contribution >= 4 is 12.1 Å². The number of methoxy groups -OCH3 is 1. The van der Waals surface area contributed by atoms with Gasteiger partial charge in [-0.2, -0.15) is 5.10 Å². The second-order valence-electron chi connectivity index (χ2n) is 4.80. The van der Waals surface area contributed by atoms with Gasteiger partial charge in [0.05, 0.1) is 7.11 Å². The van der Waals surface area contributed by atoms with Gasteiger partial charge >= 0.3 is 0 Å². The summed E-state index contributed by atoms with van der Waals surface area (Å²) in [5.74, 6) is 1.26. The number of nitrogens with zero attached hydrogens (tertiary/aromatic N) is 1. The van der Waals surface area contributed by atoms with Crippen molar-refractivity contribution in [2.45, 2.75) is 19.3 Å². The Kier molecular flexibility index (Phi) is 5.82. The molecule has 112 valence electrons. The van der Waals surface area contributed by atoms with E-state index in [4.69, 9.17) is 9.47 Å². The highest BCUT2D eigenvalue weighted by Gasteiger charge is 2.08. The molecule has 21 heavy (non-hydrogen) atoms. The van der Waals surface area contributed by atoms with Crippen LogP contribution in [0.4, 0.5) is 0 Å². The maximum atomic E-state index is 11.7. The van der Waals surface area contributed by atoms with Crippen LogP contribution in [0.3, 0.4) is 0 Å². The van der Waals surface area contributed by atoms with Crippen LogP contribution in [0.15, 0.2) is 41.5 Å². The molecule has 1 atom stereocenters. The van der Waals surface area contributed by atoms with Crippen molar-refractivity contribution in [3.63, 3.8) is 0 Å². The zero-order valence-electron chi connectivity index (χ0n) is 12.1. The molecule has 1 aromatic rings. The number of carbonyl (C=O) groups excluding carboxylic acids is 1. The predicted octanol–water partition coefficient (Wildman–Crippen LogP) is 2.53. The van der Waals surface area contributed by atoms with Crippen LogP contribution in [0.2, 0.25) is 0 Å². The molecular weight excluding hydrogens is 268 g/mol. The maximum Gasteiger partial charge on any atom is 0.277 e. The molecule has 1 aliphatic carbocycles. The number of para-hydroxylation sites is 2. The van der Waals surface area contributed by atoms with Crippen molar-refractivity contribution in [1.29, 1.82) is 0 Å². The molecule has 0 saturated carbocycles. The third kappa shape index (κ3) is 4.95. The van der Waals surface area contributed by atoms with Crippen LogP contribution in [0, 0.1) is 5.92 Å². The molecule has 0 unspecified atom stereocenters. The summed E-state index contributed by atoms with van der Waals surface area (Å²) >= 11 is 0. The fourth-order valence-electron chi connectivity index (χ4n) is 2.08. The number of hydrazone groups is 1. The first-order valence-electron chi connectivity index (χ1n) is 7.02. The molecule has 0 saturated heterocycles. The summed E-state index contributed by atoms with van der Waals surface area (Å²) in [6, 6.07) is 7.20. The molecule has 0 aliphatic heterocycles. The fraction of sp³-hybridized carbons (Fsp3) is 0.375. The van der Waals surface area contributed by atoms with Crippen molar-refractivity contribution in [2.24, 2.45) is 11.0 Å². The molecule has 1 amide bonds. The van der Waals surface area contributed by atoms with Crippen molar-refractivity contribution in [3.8, 4) is 11.5 Å². The molecule has 2 rings (SSSR count). The van der Waals surface area contributed by atoms with Gasteiger partial charge in [0.2, 0.25) is 0 Å². The molecular formula is C16H20N2O3. The summed E-state index contributed by atoms with van der Waals surface area (Å²) < 4.78 is 10.6. The van der Waals surface area contributed by atoms with E-state index in [1.807, 2.05) is 12.1 Å². The van der Waals surface area contributed by atoms with Crippen LogP contribution < -0.4 is 14.9 Å². The first-order chi connectivity index (χ1) is 10.3. The highest BCUT2D eigenvalue weighted by molar-refractivity contribution is 5.78. The number of carbonyl (C=O) groups is 1. The van der Waals surface area contributed by atoms with E-state index >= 15 is 0 Å². The van der Waals surface area contributed by atoms with Crippen LogP contribution in [-0.2, 0) is 4.79 Å². The second kappa shape index (κ2) is 8.09. The lowest BCUT2D eigenvalue weighted by molar-refractivity contribution is -0.123. The molecule has 0 spiro atoms. The topological polar surface area (TPSA) is 59.9 Å². The molecule has 0 aromatic heterocycles. The van der Waals surface area contributed by atoms with Crippen molar-refractivity contribution in [3.05, 3.63) is 36.4 Å². The third-order valence-corrected chi connectivity index (χ3v) is 3.21. The van der Waals surface area contributed by atoms with Gasteiger partial charge in [-0.3, -0.25) is 4.79 Å². The molecule has 5 nitrogen and oxygen atoms in total. The second-order valence-corrected chi connectivity index (χ2v) is 4.80. The number of nitrogens with one attached hydrogen (secondary N) is 1. The minimum absolute atomic E-state index is 0.0950. The molecule has 0 heterocycles. The van der Waals surface area contributed by atoms with Crippen molar-refractivity contribution in [2.75, 3.05) is 13.7 Å². The summed E-state index contributed by atoms with van der Waals surface area (Å²) in [5.41, 5.74) is 2.48. The van der Waals surface area contributed by atoms with Crippen LogP contribution in [0.1, 0.15) is 19.3 Å². The smallest absolute Gasteiger partial charge is 0.277 e. The Balaban J connectivity index is 1.74. The zero-order valence-corrected chi connectivity index (χ0v) is 12.1. The van der Waals surface area contributed by atoms with E-state index in [2.05, 4.69) is 22.7 Å². The van der Waals surface area contributed by atoms with Gasteiger partial charge < -0.3 is 9.47 Å². The summed E-state index contributed by atoms with van der Waals surface area (Å²) in [5, 5.41) is 3.98. The quantitative estimate of drug-likeness (QED) is 0.497. The molecule has 1 aliphatic rings. The molecule has 0 bridgehead atoms. The SMILES string of the molecule is COc1ccccc1OCC(=O)N/N=C\[C@@H]1CC=CCC1. The normalized spacial score (nSPS) is 17.7. The van der Waals surface area contributed by atoms with Crippen LogP contribution >= 0.6 is 0 Å². The highest BCUT2D eigenvalue weighted by Crippen LogP contribution is 2.25. The predicted molar refractivity (Wildman–Crippen MR) is 81.6 cm³/mol. The Labute approximate surface area is 124 Å². The van der Waals surface area contributed by atoms with E-state index in [9.17, 15) is 4.79 Å². The highest BCUT2D eigenvalue weighted by atomic mass is 16.5.